The van der Waals surface area contributed by atoms with Crippen molar-refractivity contribution >= 4 is 22.9 Å². The van der Waals surface area contributed by atoms with Crippen LogP contribution in [0.3, 0.4) is 0 Å². The summed E-state index contributed by atoms with van der Waals surface area (Å²) in [5.74, 6) is 1.06. The molecular formula is C13H18ClNOS. The number of rotatable bonds is 5. The van der Waals surface area contributed by atoms with Gasteiger partial charge in [0.05, 0.1) is 17.0 Å². The molecule has 1 N–H and O–H groups in total. The predicted octanol–water partition coefficient (Wildman–Crippen LogP) is 4.14. The van der Waals surface area contributed by atoms with E-state index in [0.29, 0.717) is 0 Å². The van der Waals surface area contributed by atoms with Crippen LogP contribution in [0.1, 0.15) is 37.1 Å². The average Bonchev–Trinajstić information content (AvgIpc) is 2.78. The van der Waals surface area contributed by atoms with Crippen molar-refractivity contribution in [1.29, 1.82) is 0 Å². The zero-order chi connectivity index (χ0) is 12.1. The van der Waals surface area contributed by atoms with Crippen LogP contribution in [-0.2, 0) is 4.74 Å². The molecule has 4 heteroatoms. The van der Waals surface area contributed by atoms with Gasteiger partial charge in [-0.15, -0.1) is 11.3 Å². The summed E-state index contributed by atoms with van der Waals surface area (Å²) in [6, 6.07) is 4.21. The van der Waals surface area contributed by atoms with Crippen LogP contribution in [0.25, 0.3) is 0 Å². The first-order chi connectivity index (χ1) is 8.31. The molecule has 0 fully saturated rings. The SMILES string of the molecule is CCCNC(C1=CCCCO1)c1ccc(Cl)s1. The number of hydrogen-bond acceptors (Lipinski definition) is 3. The molecule has 0 bridgehead atoms. The summed E-state index contributed by atoms with van der Waals surface area (Å²) in [7, 11) is 0. The number of hydrogen-bond donors (Lipinski definition) is 1. The van der Waals surface area contributed by atoms with Gasteiger partial charge in [-0.25, -0.2) is 0 Å². The third-order valence-corrected chi connectivity index (χ3v) is 4.02. The van der Waals surface area contributed by atoms with E-state index in [1.807, 2.05) is 6.07 Å². The molecule has 1 aromatic heterocycles. The van der Waals surface area contributed by atoms with Gasteiger partial charge in [0.1, 0.15) is 5.76 Å². The van der Waals surface area contributed by atoms with E-state index in [1.54, 1.807) is 11.3 Å². The van der Waals surface area contributed by atoms with Crippen molar-refractivity contribution in [2.75, 3.05) is 13.2 Å². The zero-order valence-electron chi connectivity index (χ0n) is 10.0. The molecule has 0 aromatic carbocycles. The van der Waals surface area contributed by atoms with Crippen LogP contribution in [0.15, 0.2) is 24.0 Å². The van der Waals surface area contributed by atoms with Crippen LogP contribution in [-0.4, -0.2) is 13.2 Å². The predicted molar refractivity (Wildman–Crippen MR) is 73.6 cm³/mol. The minimum Gasteiger partial charge on any atom is -0.496 e. The lowest BCUT2D eigenvalue weighted by atomic mass is 10.1. The highest BCUT2D eigenvalue weighted by atomic mass is 35.5. The van der Waals surface area contributed by atoms with Crippen molar-refractivity contribution in [2.45, 2.75) is 32.2 Å². The van der Waals surface area contributed by atoms with Crippen LogP contribution in [0.5, 0.6) is 0 Å². The molecule has 0 spiro atoms. The maximum atomic E-state index is 6.01. The molecule has 0 radical (unpaired) electrons. The standard InChI is InChI=1S/C13H18ClNOS/c1-2-8-15-13(10-5-3-4-9-16-10)11-6-7-12(14)17-11/h5-7,13,15H,2-4,8-9H2,1H3. The fourth-order valence-electron chi connectivity index (χ4n) is 1.89. The summed E-state index contributed by atoms with van der Waals surface area (Å²) in [4.78, 5) is 1.23. The van der Waals surface area contributed by atoms with Gasteiger partial charge in [0.2, 0.25) is 0 Å². The highest BCUT2D eigenvalue weighted by Gasteiger charge is 2.20. The van der Waals surface area contributed by atoms with Crippen molar-refractivity contribution in [3.05, 3.63) is 33.2 Å². The van der Waals surface area contributed by atoms with Gasteiger partial charge in [0.15, 0.2) is 0 Å². The third kappa shape index (κ3) is 3.47. The van der Waals surface area contributed by atoms with E-state index in [9.17, 15) is 0 Å². The van der Waals surface area contributed by atoms with Gasteiger partial charge in [-0.3, -0.25) is 0 Å². The van der Waals surface area contributed by atoms with Crippen molar-refractivity contribution in [3.63, 3.8) is 0 Å². The average molecular weight is 272 g/mol. The molecule has 17 heavy (non-hydrogen) atoms. The van der Waals surface area contributed by atoms with Crippen LogP contribution >= 0.6 is 22.9 Å². The zero-order valence-corrected chi connectivity index (χ0v) is 11.6. The first-order valence-electron chi connectivity index (χ1n) is 6.12. The van der Waals surface area contributed by atoms with Crippen LogP contribution in [0.4, 0.5) is 0 Å². The molecule has 1 aromatic rings. The molecule has 0 saturated carbocycles. The van der Waals surface area contributed by atoms with Crippen molar-refractivity contribution in [2.24, 2.45) is 0 Å². The lowest BCUT2D eigenvalue weighted by molar-refractivity contribution is 0.168. The van der Waals surface area contributed by atoms with E-state index in [-0.39, 0.29) is 6.04 Å². The summed E-state index contributed by atoms with van der Waals surface area (Å²) >= 11 is 7.63. The number of nitrogens with one attached hydrogen (secondary N) is 1. The van der Waals surface area contributed by atoms with Crippen LogP contribution in [0.2, 0.25) is 4.34 Å². The van der Waals surface area contributed by atoms with Gasteiger partial charge in [0.25, 0.3) is 0 Å². The lowest BCUT2D eigenvalue weighted by Gasteiger charge is -2.24. The molecule has 0 aliphatic carbocycles. The minimum absolute atomic E-state index is 0.174. The van der Waals surface area contributed by atoms with Gasteiger partial charge < -0.3 is 10.1 Å². The Balaban J connectivity index is 2.15. The smallest absolute Gasteiger partial charge is 0.114 e. The summed E-state index contributed by atoms with van der Waals surface area (Å²) < 4.78 is 6.60. The summed E-state index contributed by atoms with van der Waals surface area (Å²) in [6.45, 7) is 3.98. The van der Waals surface area contributed by atoms with Gasteiger partial charge in [-0.2, -0.15) is 0 Å². The quantitative estimate of drug-likeness (QED) is 0.869. The van der Waals surface area contributed by atoms with Gasteiger partial charge in [0, 0.05) is 4.88 Å². The van der Waals surface area contributed by atoms with Gasteiger partial charge in [-0.1, -0.05) is 18.5 Å². The molecule has 1 aliphatic rings. The second kappa shape index (κ2) is 6.43. The Morgan fingerprint density at radius 3 is 3.00 bits per heavy atom. The Morgan fingerprint density at radius 1 is 1.53 bits per heavy atom. The largest absolute Gasteiger partial charge is 0.496 e. The summed E-state index contributed by atoms with van der Waals surface area (Å²) in [5, 5.41) is 3.53. The second-order valence-electron chi connectivity index (χ2n) is 4.13. The monoisotopic (exact) mass is 271 g/mol. The first-order valence-corrected chi connectivity index (χ1v) is 7.32. The van der Waals surface area contributed by atoms with E-state index >= 15 is 0 Å². The maximum Gasteiger partial charge on any atom is 0.114 e. The Kier molecular flexibility index (Phi) is 4.89. The topological polar surface area (TPSA) is 21.3 Å². The lowest BCUT2D eigenvalue weighted by Crippen LogP contribution is -2.25. The molecule has 94 valence electrons. The number of halogens is 1. The maximum absolute atomic E-state index is 6.01. The van der Waals surface area contributed by atoms with Crippen LogP contribution in [0, 0.1) is 0 Å². The van der Waals surface area contributed by atoms with E-state index in [0.717, 1.165) is 42.5 Å². The van der Waals surface area contributed by atoms with E-state index in [2.05, 4.69) is 24.4 Å². The second-order valence-corrected chi connectivity index (χ2v) is 5.87. The third-order valence-electron chi connectivity index (χ3n) is 2.72. The molecular weight excluding hydrogens is 254 g/mol. The fraction of sp³-hybridized carbons (Fsp3) is 0.538. The Morgan fingerprint density at radius 2 is 2.41 bits per heavy atom. The normalized spacial score (nSPS) is 17.4. The molecule has 1 atom stereocenters. The molecule has 2 heterocycles. The van der Waals surface area contributed by atoms with Crippen molar-refractivity contribution in [1.82, 2.24) is 5.32 Å². The number of allylic oxidation sites excluding steroid dienone is 1. The molecule has 2 rings (SSSR count). The number of thiophene rings is 1. The minimum atomic E-state index is 0.174. The first kappa shape index (κ1) is 12.9. The molecule has 2 nitrogen and oxygen atoms in total. The number of ether oxygens (including phenoxy) is 1. The molecule has 0 saturated heterocycles. The molecule has 0 amide bonds. The highest BCUT2D eigenvalue weighted by molar-refractivity contribution is 7.16. The highest BCUT2D eigenvalue weighted by Crippen LogP contribution is 2.32. The van der Waals surface area contributed by atoms with Gasteiger partial charge >= 0.3 is 0 Å². The Bertz CT molecular complexity index is 389. The Labute approximate surface area is 112 Å². The fourth-order valence-corrected chi connectivity index (χ4v) is 3.04. The van der Waals surface area contributed by atoms with Gasteiger partial charge in [-0.05, 0) is 44.0 Å². The molecule has 1 aliphatic heterocycles. The van der Waals surface area contributed by atoms with Crippen molar-refractivity contribution < 1.29 is 4.74 Å². The van der Waals surface area contributed by atoms with Crippen LogP contribution < -0.4 is 5.32 Å². The van der Waals surface area contributed by atoms with Crippen molar-refractivity contribution in [3.8, 4) is 0 Å². The Hall–Kier alpha value is -0.510. The van der Waals surface area contributed by atoms with E-state index in [1.165, 1.54) is 4.88 Å². The summed E-state index contributed by atoms with van der Waals surface area (Å²) in [5.41, 5.74) is 0. The molecule has 1 unspecified atom stereocenters. The van der Waals surface area contributed by atoms with E-state index < -0.39 is 0 Å². The van der Waals surface area contributed by atoms with E-state index in [4.69, 9.17) is 16.3 Å². The summed E-state index contributed by atoms with van der Waals surface area (Å²) in [6.07, 6.45) is 5.54.